The summed E-state index contributed by atoms with van der Waals surface area (Å²) in [6.07, 6.45) is 6.89. The Hall–Kier alpha value is -1.55. The fourth-order valence-electron chi connectivity index (χ4n) is 2.06. The predicted octanol–water partition coefficient (Wildman–Crippen LogP) is 1.47. The average molecular weight is 250 g/mol. The number of hydrogen-bond donors (Lipinski definition) is 1. The number of ether oxygens (including phenoxy) is 1. The number of carbonyl (C=O) groups is 1. The molecule has 1 rings (SSSR count). The van der Waals surface area contributed by atoms with Gasteiger partial charge in [-0.25, -0.2) is 0 Å². The van der Waals surface area contributed by atoms with Crippen molar-refractivity contribution in [3.05, 3.63) is 37.1 Å². The lowest BCUT2D eigenvalue weighted by molar-refractivity contribution is -0.128. The quantitative estimate of drug-likeness (QED) is 0.593. The highest BCUT2D eigenvalue weighted by Gasteiger charge is 2.31. The van der Waals surface area contributed by atoms with Crippen LogP contribution in [0.15, 0.2) is 37.1 Å². The second-order valence-corrected chi connectivity index (χ2v) is 4.44. The molecule has 1 amide bonds. The van der Waals surface area contributed by atoms with E-state index in [2.05, 4.69) is 23.4 Å². The van der Waals surface area contributed by atoms with E-state index in [1.807, 2.05) is 7.05 Å². The van der Waals surface area contributed by atoms with Crippen LogP contribution in [0.1, 0.15) is 12.8 Å². The Balaban J connectivity index is 2.54. The Kier molecular flexibility index (Phi) is 5.65. The second kappa shape index (κ2) is 7.01. The van der Waals surface area contributed by atoms with Gasteiger partial charge in [0.05, 0.1) is 6.04 Å². The van der Waals surface area contributed by atoms with Crippen LogP contribution >= 0.6 is 0 Å². The molecule has 0 aromatic rings. The Bertz CT molecular complexity index is 350. The zero-order chi connectivity index (χ0) is 13.5. The molecule has 0 spiro atoms. The van der Waals surface area contributed by atoms with E-state index < -0.39 is 0 Å². The molecular weight excluding hydrogens is 228 g/mol. The van der Waals surface area contributed by atoms with E-state index in [9.17, 15) is 4.79 Å². The van der Waals surface area contributed by atoms with Crippen molar-refractivity contribution in [2.75, 3.05) is 20.6 Å². The summed E-state index contributed by atoms with van der Waals surface area (Å²) < 4.78 is 5.73. The maximum absolute atomic E-state index is 11.7. The van der Waals surface area contributed by atoms with Gasteiger partial charge >= 0.3 is 0 Å². The van der Waals surface area contributed by atoms with Gasteiger partial charge in [-0.1, -0.05) is 25.3 Å². The van der Waals surface area contributed by atoms with Crippen molar-refractivity contribution in [2.45, 2.75) is 25.0 Å². The number of hydrogen-bond acceptors (Lipinski definition) is 3. The number of allylic oxidation sites excluding steroid dienone is 3. The summed E-state index contributed by atoms with van der Waals surface area (Å²) in [7, 11) is 3.62. The van der Waals surface area contributed by atoms with E-state index in [0.29, 0.717) is 12.2 Å². The molecule has 0 aliphatic carbocycles. The molecule has 0 radical (unpaired) electrons. The summed E-state index contributed by atoms with van der Waals surface area (Å²) in [4.78, 5) is 13.8. The number of nitrogens with zero attached hydrogens (tertiary/aromatic N) is 1. The van der Waals surface area contributed by atoms with Crippen LogP contribution in [0.4, 0.5) is 0 Å². The van der Waals surface area contributed by atoms with E-state index in [0.717, 1.165) is 13.0 Å². The monoisotopic (exact) mass is 250 g/mol. The molecule has 1 saturated heterocycles. The normalized spacial score (nSPS) is 24.8. The van der Waals surface area contributed by atoms with Gasteiger partial charge in [-0.05, 0) is 19.5 Å². The van der Waals surface area contributed by atoms with Crippen molar-refractivity contribution in [1.82, 2.24) is 10.2 Å². The van der Waals surface area contributed by atoms with Crippen LogP contribution in [0.5, 0.6) is 0 Å². The van der Waals surface area contributed by atoms with Crippen LogP contribution < -0.4 is 5.32 Å². The Morgan fingerprint density at radius 1 is 1.56 bits per heavy atom. The van der Waals surface area contributed by atoms with Gasteiger partial charge in [0.2, 0.25) is 5.91 Å². The van der Waals surface area contributed by atoms with E-state index in [-0.39, 0.29) is 18.1 Å². The van der Waals surface area contributed by atoms with Crippen LogP contribution in [-0.4, -0.2) is 43.6 Å². The molecule has 2 atom stereocenters. The van der Waals surface area contributed by atoms with Gasteiger partial charge in [0.15, 0.2) is 0 Å². The molecule has 100 valence electrons. The van der Waals surface area contributed by atoms with Crippen molar-refractivity contribution in [3.8, 4) is 0 Å². The van der Waals surface area contributed by atoms with Crippen molar-refractivity contribution in [2.24, 2.45) is 0 Å². The van der Waals surface area contributed by atoms with Crippen LogP contribution in [0.3, 0.4) is 0 Å². The maximum atomic E-state index is 11.7. The Morgan fingerprint density at radius 2 is 2.28 bits per heavy atom. The molecule has 1 unspecified atom stereocenters. The highest BCUT2D eigenvalue weighted by atomic mass is 16.5. The number of rotatable bonds is 5. The fourth-order valence-corrected chi connectivity index (χ4v) is 2.06. The van der Waals surface area contributed by atoms with Crippen molar-refractivity contribution in [1.29, 1.82) is 0 Å². The lowest BCUT2D eigenvalue weighted by Crippen LogP contribution is -2.50. The zero-order valence-corrected chi connectivity index (χ0v) is 11.2. The number of likely N-dealkylation sites (N-methyl/N-ethyl adjacent to an activating group) is 2. The molecular formula is C14H22N2O2. The first kappa shape index (κ1) is 14.5. The molecule has 4 nitrogen and oxygen atoms in total. The minimum absolute atomic E-state index is 0.0399. The van der Waals surface area contributed by atoms with E-state index in [1.54, 1.807) is 25.3 Å². The maximum Gasteiger partial charge on any atom is 0.237 e. The van der Waals surface area contributed by atoms with E-state index in [1.165, 1.54) is 0 Å². The molecule has 0 saturated carbocycles. The van der Waals surface area contributed by atoms with Gasteiger partial charge in [0, 0.05) is 20.0 Å². The second-order valence-electron chi connectivity index (χ2n) is 4.44. The Labute approximate surface area is 109 Å². The van der Waals surface area contributed by atoms with Crippen molar-refractivity contribution >= 4 is 5.91 Å². The standard InChI is InChI=1S/C14H22N2O2/c1-5-6-7-11(2)18-12-8-9-16(4)13(10-12)14(17)15-3/h5-7,12-13H,1-2,8-10H2,3-4H3,(H,15,17)/b7-6-/t12?,13-/m0/s1. The molecule has 1 aliphatic rings. The van der Waals surface area contributed by atoms with Crippen LogP contribution in [-0.2, 0) is 9.53 Å². The summed E-state index contributed by atoms with van der Waals surface area (Å²) in [6.45, 7) is 8.27. The zero-order valence-electron chi connectivity index (χ0n) is 11.2. The van der Waals surface area contributed by atoms with Gasteiger partial charge in [-0.15, -0.1) is 0 Å². The lowest BCUT2D eigenvalue weighted by Gasteiger charge is -2.35. The van der Waals surface area contributed by atoms with Gasteiger partial charge < -0.3 is 10.1 Å². The number of likely N-dealkylation sites (tertiary alicyclic amines) is 1. The van der Waals surface area contributed by atoms with E-state index in [4.69, 9.17) is 4.74 Å². The third-order valence-corrected chi connectivity index (χ3v) is 3.11. The summed E-state index contributed by atoms with van der Waals surface area (Å²) in [5.41, 5.74) is 0. The summed E-state index contributed by atoms with van der Waals surface area (Å²) in [5.74, 6) is 0.651. The minimum Gasteiger partial charge on any atom is -0.491 e. The van der Waals surface area contributed by atoms with Gasteiger partial charge in [-0.3, -0.25) is 9.69 Å². The highest BCUT2D eigenvalue weighted by Crippen LogP contribution is 2.21. The van der Waals surface area contributed by atoms with Crippen LogP contribution in [0.2, 0.25) is 0 Å². The van der Waals surface area contributed by atoms with Gasteiger partial charge in [-0.2, -0.15) is 0 Å². The number of carbonyl (C=O) groups excluding carboxylic acids is 1. The smallest absolute Gasteiger partial charge is 0.237 e. The number of piperidine rings is 1. The first-order chi connectivity index (χ1) is 8.58. The topological polar surface area (TPSA) is 41.6 Å². The molecule has 0 aromatic carbocycles. The molecule has 1 N–H and O–H groups in total. The third kappa shape index (κ3) is 4.04. The molecule has 1 aliphatic heterocycles. The summed E-state index contributed by atoms with van der Waals surface area (Å²) >= 11 is 0. The largest absolute Gasteiger partial charge is 0.491 e. The molecule has 4 heteroatoms. The molecule has 0 bridgehead atoms. The van der Waals surface area contributed by atoms with Gasteiger partial charge in [0.25, 0.3) is 0 Å². The molecule has 0 aromatic heterocycles. The third-order valence-electron chi connectivity index (χ3n) is 3.11. The van der Waals surface area contributed by atoms with Gasteiger partial charge in [0.1, 0.15) is 11.9 Å². The summed E-state index contributed by atoms with van der Waals surface area (Å²) in [5, 5.41) is 2.69. The SMILES string of the molecule is C=C/C=C\C(=C)OC1CCN(C)[C@H](C(=O)NC)C1. The molecule has 18 heavy (non-hydrogen) atoms. The number of amides is 1. The summed E-state index contributed by atoms with van der Waals surface area (Å²) in [6, 6.07) is -0.120. The predicted molar refractivity (Wildman–Crippen MR) is 73.1 cm³/mol. The molecule has 1 fully saturated rings. The minimum atomic E-state index is -0.120. The highest BCUT2D eigenvalue weighted by molar-refractivity contribution is 5.81. The number of nitrogens with one attached hydrogen (secondary N) is 1. The fraction of sp³-hybridized carbons (Fsp3) is 0.500. The Morgan fingerprint density at radius 3 is 2.89 bits per heavy atom. The lowest BCUT2D eigenvalue weighted by atomic mass is 9.99. The van der Waals surface area contributed by atoms with Crippen LogP contribution in [0.25, 0.3) is 0 Å². The van der Waals surface area contributed by atoms with Crippen molar-refractivity contribution < 1.29 is 9.53 Å². The van der Waals surface area contributed by atoms with Crippen molar-refractivity contribution in [3.63, 3.8) is 0 Å². The first-order valence-electron chi connectivity index (χ1n) is 6.15. The molecule has 1 heterocycles. The average Bonchev–Trinajstić information content (AvgIpc) is 2.37. The van der Waals surface area contributed by atoms with Crippen LogP contribution in [0, 0.1) is 0 Å². The van der Waals surface area contributed by atoms with E-state index >= 15 is 0 Å². The first-order valence-corrected chi connectivity index (χ1v) is 6.15.